The van der Waals surface area contributed by atoms with Gasteiger partial charge in [-0.2, -0.15) is 0 Å². The molecule has 0 radical (unpaired) electrons. The Balaban J connectivity index is 1.18. The molecule has 5 rings (SSSR count). The zero-order chi connectivity index (χ0) is 27.2. The molecule has 0 unspecified atom stereocenters. The summed E-state index contributed by atoms with van der Waals surface area (Å²) < 4.78 is 16.5. The zero-order valence-corrected chi connectivity index (χ0v) is 22.1. The average molecular weight is 540 g/mol. The Kier molecular flexibility index (Phi) is 7.79. The highest BCUT2D eigenvalue weighted by Gasteiger charge is 2.18. The fourth-order valence-corrected chi connectivity index (χ4v) is 4.73. The Morgan fingerprint density at radius 3 is 2.26 bits per heavy atom. The quantitative estimate of drug-likeness (QED) is 0.206. The van der Waals surface area contributed by atoms with E-state index in [2.05, 4.69) is 15.6 Å². The average Bonchev–Trinajstić information content (AvgIpc) is 3.40. The van der Waals surface area contributed by atoms with E-state index in [-0.39, 0.29) is 17.6 Å². The van der Waals surface area contributed by atoms with Crippen molar-refractivity contribution in [1.82, 2.24) is 4.98 Å². The van der Waals surface area contributed by atoms with E-state index in [0.29, 0.717) is 34.3 Å². The highest BCUT2D eigenvalue weighted by molar-refractivity contribution is 8.00. The molecular weight excluding hydrogens is 514 g/mol. The van der Waals surface area contributed by atoms with Gasteiger partial charge in [0.2, 0.25) is 11.8 Å². The molecule has 9 heteroatoms. The van der Waals surface area contributed by atoms with Crippen molar-refractivity contribution in [1.29, 1.82) is 0 Å². The first-order chi connectivity index (χ1) is 19.0. The summed E-state index contributed by atoms with van der Waals surface area (Å²) in [4.78, 5) is 30.9. The number of hydrogen-bond acceptors (Lipinski definition) is 7. The van der Waals surface area contributed by atoms with Gasteiger partial charge in [0.1, 0.15) is 22.6 Å². The largest absolute Gasteiger partial charge is 0.496 e. The number of rotatable bonds is 9. The summed E-state index contributed by atoms with van der Waals surface area (Å²) in [5.74, 6) is 1.05. The lowest BCUT2D eigenvalue weighted by molar-refractivity contribution is -0.113. The normalized spacial score (nSPS) is 10.7. The minimum absolute atomic E-state index is 0.150. The van der Waals surface area contributed by atoms with E-state index < -0.39 is 0 Å². The summed E-state index contributed by atoms with van der Waals surface area (Å²) in [5, 5.41) is 5.78. The molecule has 0 atom stereocenters. The fourth-order valence-electron chi connectivity index (χ4n) is 3.97. The number of benzene rings is 4. The fraction of sp³-hybridized carbons (Fsp3) is 0.100. The molecule has 39 heavy (non-hydrogen) atoms. The molecule has 0 bridgehead atoms. The predicted octanol–water partition coefficient (Wildman–Crippen LogP) is 6.50. The van der Waals surface area contributed by atoms with E-state index in [4.69, 9.17) is 13.9 Å². The molecule has 0 aliphatic carbocycles. The van der Waals surface area contributed by atoms with Crippen LogP contribution in [0, 0.1) is 0 Å². The molecule has 0 saturated heterocycles. The molecule has 0 aliphatic rings. The van der Waals surface area contributed by atoms with Gasteiger partial charge in [-0.1, -0.05) is 24.3 Å². The summed E-state index contributed by atoms with van der Waals surface area (Å²) in [6.07, 6.45) is 0. The van der Waals surface area contributed by atoms with Crippen LogP contribution in [0.25, 0.3) is 22.6 Å². The van der Waals surface area contributed by atoms with Gasteiger partial charge in [0.25, 0.3) is 5.91 Å². The highest BCUT2D eigenvalue weighted by Crippen LogP contribution is 2.30. The van der Waals surface area contributed by atoms with Crippen LogP contribution in [0.2, 0.25) is 0 Å². The number of carbonyl (C=O) groups is 2. The number of para-hydroxylation sites is 2. The number of thioether (sulfide) groups is 1. The first-order valence-electron chi connectivity index (χ1n) is 12.0. The van der Waals surface area contributed by atoms with Crippen molar-refractivity contribution in [3.8, 4) is 23.0 Å². The zero-order valence-electron chi connectivity index (χ0n) is 21.3. The number of methoxy groups -OCH3 is 2. The molecule has 2 N–H and O–H groups in total. The molecule has 8 nitrogen and oxygen atoms in total. The van der Waals surface area contributed by atoms with E-state index in [1.54, 1.807) is 24.3 Å². The maximum atomic E-state index is 13.0. The lowest BCUT2D eigenvalue weighted by Crippen LogP contribution is -2.15. The van der Waals surface area contributed by atoms with Gasteiger partial charge < -0.3 is 24.5 Å². The highest BCUT2D eigenvalue weighted by atomic mass is 32.2. The Morgan fingerprint density at radius 1 is 0.821 bits per heavy atom. The number of aromatic nitrogens is 1. The number of hydrogen-bond donors (Lipinski definition) is 2. The monoisotopic (exact) mass is 539 g/mol. The minimum atomic E-state index is -0.356. The van der Waals surface area contributed by atoms with Crippen molar-refractivity contribution in [3.63, 3.8) is 0 Å². The van der Waals surface area contributed by atoms with Crippen molar-refractivity contribution >= 4 is 46.1 Å². The second kappa shape index (κ2) is 11.7. The second-order valence-corrected chi connectivity index (χ2v) is 9.47. The molecule has 0 spiro atoms. The molecule has 0 saturated carbocycles. The van der Waals surface area contributed by atoms with E-state index in [9.17, 15) is 9.59 Å². The number of ether oxygens (including phenoxy) is 2. The SMILES string of the molecule is COc1cccc(OC)c1C(=O)Nc1cccc(SCC(=O)Nc2ccc(-c3nc4ccccc4o3)cc2)c1. The number of nitrogens with zero attached hydrogens (tertiary/aromatic N) is 1. The van der Waals surface area contributed by atoms with E-state index in [1.807, 2.05) is 66.7 Å². The van der Waals surface area contributed by atoms with Gasteiger partial charge in [0.15, 0.2) is 5.58 Å². The predicted molar refractivity (Wildman–Crippen MR) is 153 cm³/mol. The Labute approximate surface area is 229 Å². The van der Waals surface area contributed by atoms with E-state index in [0.717, 1.165) is 21.6 Å². The molecule has 196 valence electrons. The number of amides is 2. The van der Waals surface area contributed by atoms with Gasteiger partial charge in [-0.15, -0.1) is 11.8 Å². The van der Waals surface area contributed by atoms with Crippen molar-refractivity contribution in [2.24, 2.45) is 0 Å². The first kappa shape index (κ1) is 25.9. The first-order valence-corrected chi connectivity index (χ1v) is 13.0. The summed E-state index contributed by atoms with van der Waals surface area (Å²) in [7, 11) is 3.00. The Hall–Kier alpha value is -4.76. The summed E-state index contributed by atoms with van der Waals surface area (Å²) in [6, 6.07) is 27.4. The van der Waals surface area contributed by atoms with Crippen molar-refractivity contribution in [3.05, 3.63) is 96.6 Å². The minimum Gasteiger partial charge on any atom is -0.496 e. The maximum Gasteiger partial charge on any atom is 0.263 e. The van der Waals surface area contributed by atoms with Crippen LogP contribution in [0.15, 0.2) is 100 Å². The van der Waals surface area contributed by atoms with Crippen molar-refractivity contribution in [2.75, 3.05) is 30.6 Å². The number of anilines is 2. The van der Waals surface area contributed by atoms with Crippen LogP contribution in [-0.2, 0) is 4.79 Å². The van der Waals surface area contributed by atoms with Gasteiger partial charge in [0, 0.05) is 21.8 Å². The number of carbonyl (C=O) groups excluding carboxylic acids is 2. The van der Waals surface area contributed by atoms with Crippen LogP contribution in [-0.4, -0.2) is 36.8 Å². The van der Waals surface area contributed by atoms with Gasteiger partial charge in [0.05, 0.1) is 20.0 Å². The van der Waals surface area contributed by atoms with E-state index >= 15 is 0 Å². The molecule has 4 aromatic carbocycles. The van der Waals surface area contributed by atoms with E-state index in [1.165, 1.54) is 26.0 Å². The summed E-state index contributed by atoms with van der Waals surface area (Å²) in [5.41, 5.74) is 3.92. The molecule has 1 heterocycles. The molecule has 0 fully saturated rings. The van der Waals surface area contributed by atoms with Crippen molar-refractivity contribution in [2.45, 2.75) is 4.90 Å². The van der Waals surface area contributed by atoms with Crippen LogP contribution >= 0.6 is 11.8 Å². The summed E-state index contributed by atoms with van der Waals surface area (Å²) in [6.45, 7) is 0. The molecule has 5 aromatic rings. The topological polar surface area (TPSA) is 103 Å². The third-order valence-corrected chi connectivity index (χ3v) is 6.82. The van der Waals surface area contributed by atoms with Crippen LogP contribution < -0.4 is 20.1 Å². The third-order valence-electron chi connectivity index (χ3n) is 5.83. The molecular formula is C30H25N3O5S. The molecule has 1 aromatic heterocycles. The molecule has 0 aliphatic heterocycles. The number of nitrogens with one attached hydrogen (secondary N) is 2. The molecule has 2 amide bonds. The number of fused-ring (bicyclic) bond motifs is 1. The van der Waals surface area contributed by atoms with Crippen LogP contribution in [0.1, 0.15) is 10.4 Å². The van der Waals surface area contributed by atoms with Gasteiger partial charge in [-0.3, -0.25) is 9.59 Å². The second-order valence-electron chi connectivity index (χ2n) is 8.42. The standard InChI is InChI=1S/C30H25N3O5S/c1-36-25-11-6-12-26(37-2)28(25)29(35)32-21-7-5-8-22(17-21)39-18-27(34)31-20-15-13-19(14-16-20)30-33-23-9-3-4-10-24(23)38-30/h3-17H,18H2,1-2H3,(H,31,34)(H,32,35). The van der Waals surface area contributed by atoms with Crippen LogP contribution in [0.3, 0.4) is 0 Å². The third kappa shape index (κ3) is 6.05. The smallest absolute Gasteiger partial charge is 0.263 e. The van der Waals surface area contributed by atoms with Gasteiger partial charge in [-0.05, 0) is 66.7 Å². The van der Waals surface area contributed by atoms with Crippen LogP contribution in [0.4, 0.5) is 11.4 Å². The Morgan fingerprint density at radius 2 is 1.54 bits per heavy atom. The van der Waals surface area contributed by atoms with Gasteiger partial charge in [-0.25, -0.2) is 4.98 Å². The van der Waals surface area contributed by atoms with Crippen molar-refractivity contribution < 1.29 is 23.5 Å². The van der Waals surface area contributed by atoms with Crippen LogP contribution in [0.5, 0.6) is 11.5 Å². The summed E-state index contributed by atoms with van der Waals surface area (Å²) >= 11 is 1.36. The lowest BCUT2D eigenvalue weighted by atomic mass is 10.1. The maximum absolute atomic E-state index is 13.0. The Bertz CT molecular complexity index is 1580. The number of oxazole rings is 1. The lowest BCUT2D eigenvalue weighted by Gasteiger charge is -2.13. The van der Waals surface area contributed by atoms with Gasteiger partial charge >= 0.3 is 0 Å².